The van der Waals surface area contributed by atoms with Crippen LogP contribution >= 0.6 is 0 Å². The molecule has 0 aromatic carbocycles. The number of hydrogen-bond acceptors (Lipinski definition) is 6. The van der Waals surface area contributed by atoms with Crippen LogP contribution in [0.15, 0.2) is 55.0 Å². The molecule has 9 nitrogen and oxygen atoms in total. The summed E-state index contributed by atoms with van der Waals surface area (Å²) in [6.07, 6.45) is 13.1. The van der Waals surface area contributed by atoms with Crippen LogP contribution < -0.4 is 10.2 Å². The normalized spacial score (nSPS) is 22.7. The minimum atomic E-state index is -0.646. The van der Waals surface area contributed by atoms with Crippen molar-refractivity contribution in [3.8, 4) is 0 Å². The third-order valence-electron chi connectivity index (χ3n) is 5.30. The van der Waals surface area contributed by atoms with Gasteiger partial charge in [-0.2, -0.15) is 0 Å². The second-order valence-corrected chi connectivity index (χ2v) is 7.46. The van der Waals surface area contributed by atoms with Crippen molar-refractivity contribution in [2.24, 2.45) is 5.92 Å². The fraction of sp³-hybridized carbons (Fsp3) is 0.333. The lowest BCUT2D eigenvalue weighted by Crippen LogP contribution is -2.48. The van der Waals surface area contributed by atoms with Crippen molar-refractivity contribution in [1.29, 1.82) is 0 Å². The van der Waals surface area contributed by atoms with Crippen molar-refractivity contribution in [3.05, 3.63) is 66.4 Å². The van der Waals surface area contributed by atoms with Gasteiger partial charge < -0.3 is 5.32 Å². The van der Waals surface area contributed by atoms with Crippen molar-refractivity contribution in [2.75, 3.05) is 11.9 Å². The molecular formula is C21H23N7O2. The number of nitrogens with zero attached hydrogens (tertiary/aromatic N) is 6. The third kappa shape index (κ3) is 3.78. The highest BCUT2D eigenvalue weighted by Gasteiger charge is 2.53. The summed E-state index contributed by atoms with van der Waals surface area (Å²) >= 11 is 0. The lowest BCUT2D eigenvalue weighted by molar-refractivity contribution is -0.120. The summed E-state index contributed by atoms with van der Waals surface area (Å²) in [5.41, 5.74) is 1.79. The van der Waals surface area contributed by atoms with Crippen molar-refractivity contribution >= 4 is 17.6 Å². The Kier molecular flexibility index (Phi) is 5.26. The zero-order valence-corrected chi connectivity index (χ0v) is 16.9. The number of carbonyl (C=O) groups excluding carboxylic acids is 2. The van der Waals surface area contributed by atoms with E-state index in [0.717, 1.165) is 17.7 Å². The molecule has 3 atom stereocenters. The molecule has 2 aliphatic rings. The zero-order chi connectivity index (χ0) is 21.3. The molecule has 2 aromatic heterocycles. The number of hydrogen-bond donors (Lipinski definition) is 1. The van der Waals surface area contributed by atoms with Crippen LogP contribution in [0.1, 0.15) is 35.4 Å². The van der Waals surface area contributed by atoms with E-state index < -0.39 is 11.9 Å². The summed E-state index contributed by atoms with van der Waals surface area (Å²) in [6, 6.07) is -0.646. The van der Waals surface area contributed by atoms with Crippen molar-refractivity contribution in [3.63, 3.8) is 0 Å². The quantitative estimate of drug-likeness (QED) is 0.733. The number of anilines is 1. The average molecular weight is 405 g/mol. The van der Waals surface area contributed by atoms with Crippen LogP contribution in [0.4, 0.5) is 5.82 Å². The maximum Gasteiger partial charge on any atom is 0.274 e. The fourth-order valence-corrected chi connectivity index (χ4v) is 3.68. The molecule has 2 aromatic rings. The van der Waals surface area contributed by atoms with Gasteiger partial charge in [0.05, 0.1) is 18.4 Å². The van der Waals surface area contributed by atoms with Crippen molar-refractivity contribution in [2.45, 2.75) is 31.8 Å². The van der Waals surface area contributed by atoms with E-state index in [1.165, 1.54) is 4.90 Å². The Bertz CT molecular complexity index is 1060. The molecule has 0 bridgehead atoms. The van der Waals surface area contributed by atoms with Crippen LogP contribution in [0.3, 0.4) is 0 Å². The molecule has 0 spiro atoms. The second-order valence-electron chi connectivity index (χ2n) is 7.46. The molecular weight excluding hydrogens is 382 g/mol. The van der Waals surface area contributed by atoms with E-state index in [9.17, 15) is 9.59 Å². The minimum Gasteiger partial charge on any atom is -0.338 e. The highest BCUT2D eigenvalue weighted by atomic mass is 16.2. The molecule has 1 fully saturated rings. The first kappa shape index (κ1) is 19.7. The monoisotopic (exact) mass is 405 g/mol. The van der Waals surface area contributed by atoms with Gasteiger partial charge in [0, 0.05) is 25.4 Å². The molecule has 4 rings (SSSR count). The first-order valence-electron chi connectivity index (χ1n) is 9.76. The van der Waals surface area contributed by atoms with Crippen LogP contribution in [-0.4, -0.2) is 49.9 Å². The Morgan fingerprint density at radius 1 is 1.33 bits per heavy atom. The van der Waals surface area contributed by atoms with Crippen LogP contribution in [0.25, 0.3) is 0 Å². The number of fused-ring (bicyclic) bond motifs is 3. The van der Waals surface area contributed by atoms with Crippen molar-refractivity contribution < 1.29 is 9.59 Å². The summed E-state index contributed by atoms with van der Waals surface area (Å²) < 4.78 is 1.54. The van der Waals surface area contributed by atoms with Crippen LogP contribution in [-0.2, 0) is 11.3 Å². The molecule has 9 heteroatoms. The van der Waals surface area contributed by atoms with E-state index in [1.54, 1.807) is 30.3 Å². The molecule has 1 saturated carbocycles. The van der Waals surface area contributed by atoms with E-state index in [-0.39, 0.29) is 23.4 Å². The standard InChI is InChI=1S/C21H23N7O2/c1-4-5-6-7-13(2)11-28-12-16(25-26-28)20(29)24-18-15-10-14(15)17-19(23-9-8-22-17)27(3)21(18)30/h4-9,12,14-15,18H,2,10-11H2,1,3H3,(H,24,29)/b5-4-,7-6-/t14-,15+,18+/m1/s1. The summed E-state index contributed by atoms with van der Waals surface area (Å²) in [5.74, 6) is 0.0528. The molecule has 3 heterocycles. The first-order chi connectivity index (χ1) is 14.5. The Balaban J connectivity index is 1.44. The minimum absolute atomic E-state index is 0.00781. The van der Waals surface area contributed by atoms with Gasteiger partial charge in [-0.25, -0.2) is 9.67 Å². The van der Waals surface area contributed by atoms with Gasteiger partial charge in [0.15, 0.2) is 11.5 Å². The first-order valence-corrected chi connectivity index (χ1v) is 9.76. The maximum absolute atomic E-state index is 13.0. The number of nitrogens with one attached hydrogen (secondary N) is 1. The predicted molar refractivity (Wildman–Crippen MR) is 111 cm³/mol. The number of carbonyl (C=O) groups is 2. The number of amides is 2. The SMILES string of the molecule is C=C(/C=C\C=C/C)Cn1cc(C(=O)N[C@@H]2C(=O)N(C)c3nccnc3[C@@H]3C[C@H]23)nn1. The van der Waals surface area contributed by atoms with Gasteiger partial charge >= 0.3 is 0 Å². The number of aromatic nitrogens is 5. The molecule has 0 saturated heterocycles. The van der Waals surface area contributed by atoms with Gasteiger partial charge in [0.2, 0.25) is 0 Å². The lowest BCUT2D eigenvalue weighted by Gasteiger charge is -2.22. The molecule has 1 aliphatic heterocycles. The topological polar surface area (TPSA) is 106 Å². The van der Waals surface area contributed by atoms with Crippen LogP contribution in [0.2, 0.25) is 0 Å². The Morgan fingerprint density at radius 3 is 2.93 bits per heavy atom. The van der Waals surface area contributed by atoms with Crippen LogP contribution in [0.5, 0.6) is 0 Å². The third-order valence-corrected chi connectivity index (χ3v) is 5.30. The predicted octanol–water partition coefficient (Wildman–Crippen LogP) is 1.64. The zero-order valence-electron chi connectivity index (χ0n) is 16.9. The van der Waals surface area contributed by atoms with Crippen molar-refractivity contribution in [1.82, 2.24) is 30.3 Å². The highest BCUT2D eigenvalue weighted by Crippen LogP contribution is 2.53. The molecule has 0 unspecified atom stereocenters. The van der Waals surface area contributed by atoms with Gasteiger partial charge in [-0.15, -0.1) is 5.10 Å². The number of allylic oxidation sites excluding steroid dienone is 5. The van der Waals surface area contributed by atoms with Gasteiger partial charge in [0.1, 0.15) is 6.04 Å². The Hall–Kier alpha value is -3.62. The van der Waals surface area contributed by atoms with Crippen LogP contribution in [0, 0.1) is 5.92 Å². The van der Waals surface area contributed by atoms with E-state index in [4.69, 9.17) is 0 Å². The molecule has 1 N–H and O–H groups in total. The van der Waals surface area contributed by atoms with E-state index in [2.05, 4.69) is 32.2 Å². The number of likely N-dealkylation sites (N-methyl/N-ethyl adjacent to an activating group) is 1. The van der Waals surface area contributed by atoms with E-state index >= 15 is 0 Å². The second kappa shape index (κ2) is 8.02. The fourth-order valence-electron chi connectivity index (χ4n) is 3.68. The van der Waals surface area contributed by atoms with E-state index in [0.29, 0.717) is 12.4 Å². The number of rotatable bonds is 6. The van der Waals surface area contributed by atoms with Gasteiger partial charge in [-0.05, 0) is 24.8 Å². The molecule has 2 amide bonds. The largest absolute Gasteiger partial charge is 0.338 e. The highest BCUT2D eigenvalue weighted by molar-refractivity contribution is 6.02. The smallest absolute Gasteiger partial charge is 0.274 e. The Morgan fingerprint density at radius 2 is 2.13 bits per heavy atom. The average Bonchev–Trinajstić information content (AvgIpc) is 3.41. The maximum atomic E-state index is 13.0. The van der Waals surface area contributed by atoms with E-state index in [1.807, 2.05) is 31.2 Å². The lowest BCUT2D eigenvalue weighted by atomic mass is 10.1. The summed E-state index contributed by atoms with van der Waals surface area (Å²) in [5, 5.41) is 10.8. The molecule has 0 radical (unpaired) electrons. The van der Waals surface area contributed by atoms with Gasteiger partial charge in [-0.1, -0.05) is 36.1 Å². The van der Waals surface area contributed by atoms with Gasteiger partial charge in [-0.3, -0.25) is 19.5 Å². The summed E-state index contributed by atoms with van der Waals surface area (Å²) in [4.78, 5) is 35.9. The summed E-state index contributed by atoms with van der Waals surface area (Å²) in [7, 11) is 1.66. The molecule has 1 aliphatic carbocycles. The molecule has 30 heavy (non-hydrogen) atoms. The summed E-state index contributed by atoms with van der Waals surface area (Å²) in [6.45, 7) is 6.31. The van der Waals surface area contributed by atoms with Gasteiger partial charge in [0.25, 0.3) is 11.8 Å². The Labute approximate surface area is 174 Å². The molecule has 154 valence electrons.